The van der Waals surface area contributed by atoms with E-state index in [0.29, 0.717) is 38.2 Å². The third kappa shape index (κ3) is 4.79. The van der Waals surface area contributed by atoms with Gasteiger partial charge in [0.1, 0.15) is 12.4 Å². The molecule has 0 saturated carbocycles. The standard InChI is InChI=1S/C20H20F3N3O4/c21-20(22,23)30-15-5-3-13(4-6-15)1-2-14-9-26(10-14)19(28)25-8-7-17-16(11-25)24-18(27)12-29-17/h3-6,14,16-17H,7-12H2,(H,24,27)/t16-,17+/m1/s1. The van der Waals surface area contributed by atoms with Gasteiger partial charge in [0.25, 0.3) is 0 Å². The number of hydrogen-bond donors (Lipinski definition) is 1. The van der Waals surface area contributed by atoms with Crippen LogP contribution < -0.4 is 10.1 Å². The van der Waals surface area contributed by atoms with Gasteiger partial charge in [-0.25, -0.2) is 4.79 Å². The van der Waals surface area contributed by atoms with E-state index >= 15 is 0 Å². The summed E-state index contributed by atoms with van der Waals surface area (Å²) < 4.78 is 45.8. The Morgan fingerprint density at radius 3 is 2.60 bits per heavy atom. The summed E-state index contributed by atoms with van der Waals surface area (Å²) in [4.78, 5) is 27.6. The summed E-state index contributed by atoms with van der Waals surface area (Å²) in [6.07, 6.45) is -4.09. The van der Waals surface area contributed by atoms with Crippen molar-refractivity contribution in [2.75, 3.05) is 32.8 Å². The van der Waals surface area contributed by atoms with Crippen molar-refractivity contribution in [1.82, 2.24) is 15.1 Å². The molecule has 0 aliphatic carbocycles. The molecule has 3 heterocycles. The molecule has 1 N–H and O–H groups in total. The van der Waals surface area contributed by atoms with Crippen LogP contribution in [0.25, 0.3) is 0 Å². The molecule has 3 aliphatic rings. The molecule has 0 spiro atoms. The number of urea groups is 1. The Morgan fingerprint density at radius 2 is 1.90 bits per heavy atom. The van der Waals surface area contributed by atoms with Crippen molar-refractivity contribution in [2.45, 2.75) is 24.9 Å². The first-order valence-electron chi connectivity index (χ1n) is 9.59. The first kappa shape index (κ1) is 20.3. The zero-order chi connectivity index (χ0) is 21.3. The van der Waals surface area contributed by atoms with Crippen molar-refractivity contribution in [3.63, 3.8) is 0 Å². The smallest absolute Gasteiger partial charge is 0.406 e. The molecule has 30 heavy (non-hydrogen) atoms. The van der Waals surface area contributed by atoms with Crippen LogP contribution in [0.5, 0.6) is 5.75 Å². The molecule has 4 rings (SSSR count). The van der Waals surface area contributed by atoms with Gasteiger partial charge in [0.15, 0.2) is 0 Å². The molecular formula is C20H20F3N3O4. The van der Waals surface area contributed by atoms with Crippen LogP contribution in [0.15, 0.2) is 24.3 Å². The molecule has 0 radical (unpaired) electrons. The molecule has 0 unspecified atom stereocenters. The summed E-state index contributed by atoms with van der Waals surface area (Å²) >= 11 is 0. The van der Waals surface area contributed by atoms with Crippen LogP contribution in [0.2, 0.25) is 0 Å². The third-order valence-electron chi connectivity index (χ3n) is 5.26. The predicted octanol–water partition coefficient (Wildman–Crippen LogP) is 1.58. The Kier molecular flexibility index (Phi) is 5.47. The first-order chi connectivity index (χ1) is 14.3. The molecule has 0 bridgehead atoms. The molecule has 1 aromatic rings. The summed E-state index contributed by atoms with van der Waals surface area (Å²) in [7, 11) is 0. The van der Waals surface area contributed by atoms with Gasteiger partial charge in [-0.1, -0.05) is 11.8 Å². The number of likely N-dealkylation sites (tertiary alicyclic amines) is 2. The molecular weight excluding hydrogens is 403 g/mol. The number of piperidine rings is 1. The number of ether oxygens (including phenoxy) is 2. The highest BCUT2D eigenvalue weighted by molar-refractivity contribution is 5.79. The number of carbonyl (C=O) groups excluding carboxylic acids is 2. The Bertz CT molecular complexity index is 872. The number of alkyl halides is 3. The molecule has 3 saturated heterocycles. The second-order valence-electron chi connectivity index (χ2n) is 7.48. The van der Waals surface area contributed by atoms with E-state index in [2.05, 4.69) is 21.9 Å². The quantitative estimate of drug-likeness (QED) is 0.697. The maximum Gasteiger partial charge on any atom is 0.573 e. The Hall–Kier alpha value is -2.93. The van der Waals surface area contributed by atoms with E-state index in [4.69, 9.17) is 4.74 Å². The molecule has 1 aromatic carbocycles. The van der Waals surface area contributed by atoms with E-state index in [1.807, 2.05) is 0 Å². The van der Waals surface area contributed by atoms with E-state index < -0.39 is 6.36 Å². The zero-order valence-electron chi connectivity index (χ0n) is 15.9. The minimum absolute atomic E-state index is 0.00954. The van der Waals surface area contributed by atoms with Crippen LogP contribution in [-0.2, 0) is 9.53 Å². The Morgan fingerprint density at radius 1 is 1.17 bits per heavy atom. The van der Waals surface area contributed by atoms with Gasteiger partial charge in [0.05, 0.1) is 18.1 Å². The minimum Gasteiger partial charge on any atom is -0.406 e. The van der Waals surface area contributed by atoms with Crippen molar-refractivity contribution in [3.05, 3.63) is 29.8 Å². The van der Waals surface area contributed by atoms with E-state index in [1.54, 1.807) is 9.80 Å². The summed E-state index contributed by atoms with van der Waals surface area (Å²) in [6.45, 7) is 2.06. The third-order valence-corrected chi connectivity index (χ3v) is 5.26. The number of nitrogens with one attached hydrogen (secondary N) is 1. The van der Waals surface area contributed by atoms with Crippen molar-refractivity contribution >= 4 is 11.9 Å². The predicted molar refractivity (Wildman–Crippen MR) is 98.3 cm³/mol. The van der Waals surface area contributed by atoms with Crippen LogP contribution in [0.3, 0.4) is 0 Å². The van der Waals surface area contributed by atoms with Crippen LogP contribution in [-0.4, -0.2) is 73.0 Å². The number of rotatable bonds is 1. The molecule has 10 heteroatoms. The second kappa shape index (κ2) is 8.07. The number of hydrogen-bond acceptors (Lipinski definition) is 4. The Labute approximate surface area is 171 Å². The summed E-state index contributed by atoms with van der Waals surface area (Å²) in [5, 5.41) is 2.87. The highest BCUT2D eigenvalue weighted by atomic mass is 19.4. The van der Waals surface area contributed by atoms with Crippen LogP contribution in [0, 0.1) is 17.8 Å². The largest absolute Gasteiger partial charge is 0.573 e. The summed E-state index contributed by atoms with van der Waals surface area (Å²) in [5.74, 6) is 5.51. The van der Waals surface area contributed by atoms with E-state index in [-0.39, 0.29) is 42.4 Å². The number of carbonyl (C=O) groups is 2. The van der Waals surface area contributed by atoms with Gasteiger partial charge in [-0.2, -0.15) is 0 Å². The van der Waals surface area contributed by atoms with Gasteiger partial charge in [-0.3, -0.25) is 4.79 Å². The fourth-order valence-electron chi connectivity index (χ4n) is 3.72. The fraction of sp³-hybridized carbons (Fsp3) is 0.500. The van der Waals surface area contributed by atoms with Crippen LogP contribution in [0.4, 0.5) is 18.0 Å². The van der Waals surface area contributed by atoms with Crippen molar-refractivity contribution in [3.8, 4) is 17.6 Å². The topological polar surface area (TPSA) is 71.1 Å². The summed E-state index contributed by atoms with van der Waals surface area (Å²) in [6, 6.07) is 5.09. The molecule has 3 amide bonds. The normalized spacial score (nSPS) is 24.2. The van der Waals surface area contributed by atoms with E-state index in [9.17, 15) is 22.8 Å². The van der Waals surface area contributed by atoms with Gasteiger partial charge in [0, 0.05) is 31.7 Å². The summed E-state index contributed by atoms with van der Waals surface area (Å²) in [5.41, 5.74) is 0.574. The van der Waals surface area contributed by atoms with E-state index in [1.165, 1.54) is 24.3 Å². The van der Waals surface area contributed by atoms with Gasteiger partial charge >= 0.3 is 12.4 Å². The highest BCUT2D eigenvalue weighted by Gasteiger charge is 2.39. The lowest BCUT2D eigenvalue weighted by molar-refractivity contribution is -0.274. The molecule has 3 aliphatic heterocycles. The van der Waals surface area contributed by atoms with Gasteiger partial charge < -0.3 is 24.6 Å². The zero-order valence-corrected chi connectivity index (χ0v) is 15.9. The van der Waals surface area contributed by atoms with Gasteiger partial charge in [-0.15, -0.1) is 13.2 Å². The van der Waals surface area contributed by atoms with Crippen molar-refractivity contribution in [1.29, 1.82) is 0 Å². The average Bonchev–Trinajstić information content (AvgIpc) is 2.66. The van der Waals surface area contributed by atoms with Crippen LogP contribution >= 0.6 is 0 Å². The van der Waals surface area contributed by atoms with Crippen molar-refractivity contribution < 1.29 is 32.2 Å². The molecule has 3 fully saturated rings. The molecule has 160 valence electrons. The molecule has 7 nitrogen and oxygen atoms in total. The number of halogens is 3. The van der Waals surface area contributed by atoms with Gasteiger partial charge in [0.2, 0.25) is 5.91 Å². The molecule has 0 aromatic heterocycles. The SMILES string of the molecule is O=C1CO[C@H]2CCN(C(=O)N3CC(C#Cc4ccc(OC(F)(F)F)cc4)C3)C[C@H]2N1. The minimum atomic E-state index is -4.72. The number of fused-ring (bicyclic) bond motifs is 1. The van der Waals surface area contributed by atoms with Crippen molar-refractivity contribution in [2.24, 2.45) is 5.92 Å². The lowest BCUT2D eigenvalue weighted by atomic mass is 9.99. The number of benzene rings is 1. The Balaban J connectivity index is 1.25. The van der Waals surface area contributed by atoms with E-state index in [0.717, 1.165) is 0 Å². The number of nitrogens with zero attached hydrogens (tertiary/aromatic N) is 2. The first-order valence-corrected chi connectivity index (χ1v) is 9.59. The lowest BCUT2D eigenvalue weighted by Gasteiger charge is -2.45. The highest BCUT2D eigenvalue weighted by Crippen LogP contribution is 2.24. The van der Waals surface area contributed by atoms with Crippen LogP contribution in [0.1, 0.15) is 12.0 Å². The maximum atomic E-state index is 12.7. The van der Waals surface area contributed by atoms with Gasteiger partial charge in [-0.05, 0) is 30.7 Å². The number of amides is 3. The fourth-order valence-corrected chi connectivity index (χ4v) is 3.72. The second-order valence-corrected chi connectivity index (χ2v) is 7.48. The average molecular weight is 423 g/mol. The molecule has 2 atom stereocenters. The number of morpholine rings is 1. The lowest BCUT2D eigenvalue weighted by Crippen LogP contribution is -2.64. The maximum absolute atomic E-state index is 12.7. The monoisotopic (exact) mass is 423 g/mol.